The minimum Gasteiger partial charge on any atom is -0.344 e. The van der Waals surface area contributed by atoms with Crippen LogP contribution in [-0.4, -0.2) is 24.1 Å². The summed E-state index contributed by atoms with van der Waals surface area (Å²) in [6.45, 7) is 0. The zero-order valence-electron chi connectivity index (χ0n) is 32.1. The molecule has 12 rings (SSSR count). The summed E-state index contributed by atoms with van der Waals surface area (Å²) in [6.07, 6.45) is 1.10. The predicted molar refractivity (Wildman–Crippen MR) is 240 cm³/mol. The molecule has 0 bridgehead atoms. The molecule has 5 nitrogen and oxygen atoms in total. The maximum Gasteiger partial charge on any atom is 0.238 e. The van der Waals surface area contributed by atoms with Crippen molar-refractivity contribution < 1.29 is 0 Å². The van der Waals surface area contributed by atoms with Crippen molar-refractivity contribution in [3.8, 4) is 39.9 Å². The molecule has 1 aliphatic carbocycles. The van der Waals surface area contributed by atoms with Gasteiger partial charge in [0, 0.05) is 50.8 Å². The highest BCUT2D eigenvalue weighted by Crippen LogP contribution is 2.36. The molecule has 0 N–H and O–H groups in total. The fourth-order valence-corrected chi connectivity index (χ4v) is 8.23. The zero-order chi connectivity index (χ0) is 38.8. The third kappa shape index (κ3) is 6.39. The number of para-hydroxylation sites is 4. The topological polar surface area (TPSA) is 48.5 Å². The maximum absolute atomic E-state index is 4.91. The van der Waals surface area contributed by atoms with Crippen molar-refractivity contribution in [2.75, 3.05) is 0 Å². The van der Waals surface area contributed by atoms with Gasteiger partial charge < -0.3 is 4.57 Å². The van der Waals surface area contributed by atoms with Crippen LogP contribution in [0.3, 0.4) is 0 Å². The Labute approximate surface area is 337 Å². The molecule has 3 heterocycles. The van der Waals surface area contributed by atoms with Gasteiger partial charge in [0.1, 0.15) is 0 Å². The van der Waals surface area contributed by atoms with E-state index >= 15 is 0 Å². The number of aryl methyl sites for hydroxylation is 1. The Morgan fingerprint density at radius 1 is 0.345 bits per heavy atom. The van der Waals surface area contributed by atoms with Crippen LogP contribution >= 0.6 is 0 Å². The highest BCUT2D eigenvalue weighted by Gasteiger charge is 2.18. The van der Waals surface area contributed by atoms with Crippen LogP contribution in [0.5, 0.6) is 0 Å². The number of fused-ring (bicyclic) bond motifs is 9. The van der Waals surface area contributed by atoms with Gasteiger partial charge >= 0.3 is 0 Å². The molecule has 8 aromatic carbocycles. The molecule has 5 heteroatoms. The first-order valence-corrected chi connectivity index (χ1v) is 19.6. The summed E-state index contributed by atoms with van der Waals surface area (Å²) in [4.78, 5) is 14.6. The molecule has 0 fully saturated rings. The number of hydrogen-bond acceptors (Lipinski definition) is 3. The van der Waals surface area contributed by atoms with Crippen molar-refractivity contribution in [1.82, 2.24) is 24.1 Å². The minimum absolute atomic E-state index is 0.616. The summed E-state index contributed by atoms with van der Waals surface area (Å²) >= 11 is 0. The molecule has 0 spiro atoms. The third-order valence-electron chi connectivity index (χ3n) is 11.0. The maximum atomic E-state index is 4.91. The molecular weight excluding hydrogens is 707 g/mol. The number of hydrogen-bond donors (Lipinski definition) is 0. The molecule has 11 aromatic rings. The molecule has 0 saturated carbocycles. The van der Waals surface area contributed by atoms with Crippen LogP contribution < -0.4 is 0 Å². The molecule has 0 atom stereocenters. The van der Waals surface area contributed by atoms with E-state index in [1.54, 1.807) is 0 Å². The van der Waals surface area contributed by atoms with E-state index in [1.165, 1.54) is 54.8 Å². The normalized spacial score (nSPS) is 11.5. The first kappa shape index (κ1) is 34.8. The lowest BCUT2D eigenvalue weighted by molar-refractivity contribution is 0.953. The van der Waals surface area contributed by atoms with E-state index in [1.807, 2.05) is 60.7 Å². The molecule has 3 aromatic heterocycles. The van der Waals surface area contributed by atoms with Crippen molar-refractivity contribution in [1.29, 1.82) is 0 Å². The molecule has 58 heavy (non-hydrogen) atoms. The molecule has 0 amide bonds. The van der Waals surface area contributed by atoms with Crippen molar-refractivity contribution in [2.45, 2.75) is 6.42 Å². The second kappa shape index (κ2) is 15.1. The van der Waals surface area contributed by atoms with Gasteiger partial charge in [-0.15, -0.1) is 0 Å². The van der Waals surface area contributed by atoms with Gasteiger partial charge in [0.05, 0.1) is 11.0 Å². The van der Waals surface area contributed by atoms with Gasteiger partial charge in [-0.3, -0.25) is 4.57 Å². The van der Waals surface area contributed by atoms with E-state index < -0.39 is 0 Å². The quantitative estimate of drug-likeness (QED) is 0.181. The van der Waals surface area contributed by atoms with Crippen molar-refractivity contribution >= 4 is 43.6 Å². The van der Waals surface area contributed by atoms with E-state index in [2.05, 4.69) is 162 Å². The highest BCUT2D eigenvalue weighted by molar-refractivity contribution is 6.09. The summed E-state index contributed by atoms with van der Waals surface area (Å²) in [5, 5.41) is 5.04. The largest absolute Gasteiger partial charge is 0.344 e. The van der Waals surface area contributed by atoms with E-state index in [0.717, 1.165) is 28.6 Å². The Hall–Kier alpha value is -7.63. The average Bonchev–Trinajstić information content (AvgIpc) is 3.95. The monoisotopic (exact) mass is 745 g/mol. The summed E-state index contributed by atoms with van der Waals surface area (Å²) in [7, 11) is 2.12. The summed E-state index contributed by atoms with van der Waals surface area (Å²) in [6, 6.07) is 71.2. The Balaban J connectivity index is 0.000000124. The fraction of sp³-hybridized carbons (Fsp3) is 0.0377. The van der Waals surface area contributed by atoms with E-state index in [4.69, 9.17) is 15.0 Å². The second-order valence-electron chi connectivity index (χ2n) is 14.5. The first-order valence-electron chi connectivity index (χ1n) is 19.6. The van der Waals surface area contributed by atoms with Gasteiger partial charge in [0.15, 0.2) is 11.6 Å². The van der Waals surface area contributed by atoms with Crippen LogP contribution in [-0.2, 0) is 13.5 Å². The fourth-order valence-electron chi connectivity index (χ4n) is 8.23. The van der Waals surface area contributed by atoms with Gasteiger partial charge in [0.2, 0.25) is 5.95 Å². The lowest BCUT2D eigenvalue weighted by atomic mass is 10.1. The molecule has 0 aliphatic heterocycles. The van der Waals surface area contributed by atoms with Gasteiger partial charge in [0.25, 0.3) is 0 Å². The van der Waals surface area contributed by atoms with Crippen molar-refractivity contribution in [3.63, 3.8) is 0 Å². The standard InChI is InChI=1S/C27H18N4.C13H11N.C13H10/c1-3-11-19(12-4-1)25-28-26(20-13-5-2-6-14-20)30-27(29-25)31-23-17-9-7-15-21(23)22-16-8-10-18-24(22)31;1-14-12-8-4-2-6-10(12)11-7-3-5-9-13(11)14;1-3-7-12-10(5-1)9-11-6-2-4-8-13(11)12/h1-18H;2-9H,1H3;1-8H,9H2. The number of benzene rings is 8. The summed E-state index contributed by atoms with van der Waals surface area (Å²) in [5.41, 5.74) is 12.4. The molecular formula is C53H39N5. The van der Waals surface area contributed by atoms with Crippen LogP contribution in [0.1, 0.15) is 11.1 Å². The van der Waals surface area contributed by atoms with Gasteiger partial charge in [-0.2, -0.15) is 9.97 Å². The Bertz CT molecular complexity index is 3010. The SMILES string of the molecule is Cn1c2ccccc2c2ccccc21.c1ccc(-c2nc(-c3ccccc3)nc(-n3c4ccccc4c4ccccc43)n2)cc1.c1ccc2c(c1)Cc1ccccc1-2. The van der Waals surface area contributed by atoms with Crippen LogP contribution in [0.25, 0.3) is 83.5 Å². The minimum atomic E-state index is 0.616. The second-order valence-corrected chi connectivity index (χ2v) is 14.5. The van der Waals surface area contributed by atoms with Crippen LogP contribution in [0.4, 0.5) is 0 Å². The lowest BCUT2D eigenvalue weighted by Gasteiger charge is -2.10. The van der Waals surface area contributed by atoms with Gasteiger partial charge in [-0.05, 0) is 52.9 Å². The van der Waals surface area contributed by atoms with Crippen molar-refractivity contribution in [3.05, 3.63) is 217 Å². The van der Waals surface area contributed by atoms with E-state index in [9.17, 15) is 0 Å². The van der Waals surface area contributed by atoms with Gasteiger partial charge in [-0.1, -0.05) is 182 Å². The predicted octanol–water partition coefficient (Wildman–Crippen LogP) is 12.9. The highest BCUT2D eigenvalue weighted by atomic mass is 15.2. The smallest absolute Gasteiger partial charge is 0.238 e. The molecule has 0 saturated heterocycles. The van der Waals surface area contributed by atoms with E-state index in [0.29, 0.717) is 17.6 Å². The summed E-state index contributed by atoms with van der Waals surface area (Å²) in [5.74, 6) is 1.93. The van der Waals surface area contributed by atoms with Crippen LogP contribution in [0.15, 0.2) is 206 Å². The molecule has 1 aliphatic rings. The zero-order valence-corrected chi connectivity index (χ0v) is 32.1. The Morgan fingerprint density at radius 3 is 1.14 bits per heavy atom. The average molecular weight is 746 g/mol. The van der Waals surface area contributed by atoms with Crippen LogP contribution in [0, 0.1) is 0 Å². The number of aromatic nitrogens is 5. The Kier molecular flexibility index (Phi) is 9.09. The Morgan fingerprint density at radius 2 is 0.690 bits per heavy atom. The number of rotatable bonds is 3. The van der Waals surface area contributed by atoms with Crippen molar-refractivity contribution in [2.24, 2.45) is 7.05 Å². The molecule has 276 valence electrons. The lowest BCUT2D eigenvalue weighted by Crippen LogP contribution is -2.06. The van der Waals surface area contributed by atoms with E-state index in [-0.39, 0.29) is 0 Å². The number of nitrogens with zero attached hydrogens (tertiary/aromatic N) is 5. The first-order chi connectivity index (χ1) is 28.7. The van der Waals surface area contributed by atoms with Gasteiger partial charge in [-0.25, -0.2) is 4.98 Å². The molecule has 0 unspecified atom stereocenters. The molecule has 0 radical (unpaired) electrons. The summed E-state index contributed by atoms with van der Waals surface area (Å²) < 4.78 is 4.37. The van der Waals surface area contributed by atoms with Crippen LogP contribution in [0.2, 0.25) is 0 Å². The third-order valence-corrected chi connectivity index (χ3v) is 11.0.